The maximum Gasteiger partial charge on any atom is 0.343 e. The fraction of sp³-hybridized carbons (Fsp3) is 0.375. The van der Waals surface area contributed by atoms with Gasteiger partial charge in [-0.3, -0.25) is 9.59 Å². The van der Waals surface area contributed by atoms with Crippen LogP contribution in [0, 0.1) is 10.1 Å². The van der Waals surface area contributed by atoms with Gasteiger partial charge in [-0.2, -0.15) is 0 Å². The molecule has 0 aliphatic rings. The maximum absolute atomic E-state index is 11.4. The summed E-state index contributed by atoms with van der Waals surface area (Å²) in [6.45, 7) is 0.248. The van der Waals surface area contributed by atoms with Crippen molar-refractivity contribution < 1.29 is 14.5 Å². The number of hydrogen-bond donors (Lipinski definition) is 2. The number of amides is 1. The van der Waals surface area contributed by atoms with Crippen LogP contribution < -0.4 is 5.32 Å². The minimum Gasteiger partial charge on any atom is -0.358 e. The molecule has 1 heterocycles. The van der Waals surface area contributed by atoms with Gasteiger partial charge in [0.2, 0.25) is 5.24 Å². The van der Waals surface area contributed by atoms with Gasteiger partial charge < -0.3 is 15.4 Å². The predicted molar refractivity (Wildman–Crippen MR) is 57.7 cm³/mol. The normalized spacial score (nSPS) is 9.94. The Labute approximate surface area is 100 Å². The number of hydrogen-bond acceptors (Lipinski definition) is 5. The van der Waals surface area contributed by atoms with Gasteiger partial charge in [0, 0.05) is 13.0 Å². The summed E-state index contributed by atoms with van der Waals surface area (Å²) in [7, 11) is 0. The second kappa shape index (κ2) is 5.94. The van der Waals surface area contributed by atoms with Crippen LogP contribution in [-0.4, -0.2) is 32.8 Å². The Morgan fingerprint density at radius 1 is 1.59 bits per heavy atom. The van der Waals surface area contributed by atoms with Gasteiger partial charge in [-0.25, -0.2) is 0 Å². The zero-order valence-electron chi connectivity index (χ0n) is 8.60. The van der Waals surface area contributed by atoms with Crippen LogP contribution in [-0.2, 0) is 4.79 Å². The van der Waals surface area contributed by atoms with Gasteiger partial charge in [0.05, 0.1) is 6.07 Å². The summed E-state index contributed by atoms with van der Waals surface area (Å²) in [5.41, 5.74) is -0.0751. The molecule has 0 aromatic carbocycles. The second-order valence-corrected chi connectivity index (χ2v) is 3.53. The lowest BCUT2D eigenvalue weighted by atomic mass is 10.3. The molecule has 1 aromatic rings. The standard InChI is InChI=1S/C8H9ClN4O4/c9-6(14)2-1-3-10-8(15)5-4-7(12-11-5)13(16)17/h4H,1-3H2,(H,10,15)(H,11,12). The molecule has 0 unspecified atom stereocenters. The third-order valence-electron chi connectivity index (χ3n) is 1.83. The molecule has 0 saturated carbocycles. The molecule has 0 spiro atoms. The summed E-state index contributed by atoms with van der Waals surface area (Å²) in [4.78, 5) is 31.4. The van der Waals surface area contributed by atoms with Crippen LogP contribution in [0.25, 0.3) is 0 Å². The summed E-state index contributed by atoms with van der Waals surface area (Å²) in [5.74, 6) is -0.901. The molecule has 17 heavy (non-hydrogen) atoms. The van der Waals surface area contributed by atoms with Gasteiger partial charge in [-0.05, 0) is 22.9 Å². The summed E-state index contributed by atoms with van der Waals surface area (Å²) >= 11 is 5.10. The number of nitro groups is 1. The van der Waals surface area contributed by atoms with Crippen molar-refractivity contribution in [3.8, 4) is 0 Å². The lowest BCUT2D eigenvalue weighted by molar-refractivity contribution is -0.389. The van der Waals surface area contributed by atoms with Gasteiger partial charge in [-0.15, -0.1) is 5.10 Å². The fourth-order valence-electron chi connectivity index (χ4n) is 1.04. The van der Waals surface area contributed by atoms with E-state index in [-0.39, 0.29) is 24.5 Å². The van der Waals surface area contributed by atoms with Crippen molar-refractivity contribution in [3.05, 3.63) is 21.9 Å². The molecular weight excluding hydrogens is 252 g/mol. The smallest absolute Gasteiger partial charge is 0.343 e. The summed E-state index contributed by atoms with van der Waals surface area (Å²) in [6, 6.07) is 1.03. The van der Waals surface area contributed by atoms with E-state index in [1.807, 2.05) is 0 Å². The molecule has 0 bridgehead atoms. The number of nitrogens with zero attached hydrogens (tertiary/aromatic N) is 2. The predicted octanol–water partition coefficient (Wildman–Crippen LogP) is 0.593. The molecule has 0 saturated heterocycles. The van der Waals surface area contributed by atoms with Crippen LogP contribution in [0.15, 0.2) is 6.07 Å². The van der Waals surface area contributed by atoms with Crippen LogP contribution >= 0.6 is 11.6 Å². The Hall–Kier alpha value is -1.96. The third kappa shape index (κ3) is 4.19. The minimum atomic E-state index is -0.685. The summed E-state index contributed by atoms with van der Waals surface area (Å²) < 4.78 is 0. The van der Waals surface area contributed by atoms with Gasteiger partial charge in [-0.1, -0.05) is 5.10 Å². The number of H-pyrrole nitrogens is 1. The minimum absolute atomic E-state index is 0.0751. The topological polar surface area (TPSA) is 118 Å². The molecule has 0 fully saturated rings. The van der Waals surface area contributed by atoms with E-state index < -0.39 is 16.1 Å². The molecule has 1 rings (SSSR count). The lowest BCUT2D eigenvalue weighted by Crippen LogP contribution is -2.25. The van der Waals surface area contributed by atoms with E-state index in [4.69, 9.17) is 11.6 Å². The highest BCUT2D eigenvalue weighted by Crippen LogP contribution is 2.07. The molecule has 0 atom stereocenters. The highest BCUT2D eigenvalue weighted by atomic mass is 35.5. The van der Waals surface area contributed by atoms with Gasteiger partial charge >= 0.3 is 5.82 Å². The van der Waals surface area contributed by atoms with Crippen LogP contribution in [0.2, 0.25) is 0 Å². The van der Waals surface area contributed by atoms with Gasteiger partial charge in [0.25, 0.3) is 5.91 Å². The average molecular weight is 261 g/mol. The van der Waals surface area contributed by atoms with Crippen molar-refractivity contribution in [1.82, 2.24) is 15.5 Å². The van der Waals surface area contributed by atoms with Crippen LogP contribution in [0.1, 0.15) is 23.3 Å². The lowest BCUT2D eigenvalue weighted by Gasteiger charge is -1.99. The largest absolute Gasteiger partial charge is 0.358 e. The van der Waals surface area contributed by atoms with E-state index in [1.165, 1.54) is 0 Å². The Bertz CT molecular complexity index is 444. The van der Waals surface area contributed by atoms with Crippen molar-refractivity contribution in [2.75, 3.05) is 6.54 Å². The molecule has 8 nitrogen and oxygen atoms in total. The monoisotopic (exact) mass is 260 g/mol. The number of halogens is 1. The van der Waals surface area contributed by atoms with Crippen LogP contribution in [0.3, 0.4) is 0 Å². The first kappa shape index (κ1) is 13.1. The van der Waals surface area contributed by atoms with Crippen molar-refractivity contribution in [2.24, 2.45) is 0 Å². The van der Waals surface area contributed by atoms with Crippen molar-refractivity contribution in [2.45, 2.75) is 12.8 Å². The molecule has 0 aliphatic carbocycles. The zero-order chi connectivity index (χ0) is 12.8. The van der Waals surface area contributed by atoms with Gasteiger partial charge in [0.1, 0.15) is 0 Å². The first-order valence-corrected chi connectivity index (χ1v) is 5.05. The molecule has 1 amide bonds. The Morgan fingerprint density at radius 3 is 2.82 bits per heavy atom. The summed E-state index contributed by atoms with van der Waals surface area (Å²) in [5, 5.41) is 17.9. The fourth-order valence-corrected chi connectivity index (χ4v) is 1.17. The van der Waals surface area contributed by atoms with E-state index >= 15 is 0 Å². The van der Waals surface area contributed by atoms with Crippen molar-refractivity contribution in [3.63, 3.8) is 0 Å². The molecule has 1 aromatic heterocycles. The van der Waals surface area contributed by atoms with E-state index in [9.17, 15) is 19.7 Å². The number of aromatic amines is 1. The number of rotatable bonds is 6. The third-order valence-corrected chi connectivity index (χ3v) is 2.02. The number of aromatic nitrogens is 2. The maximum atomic E-state index is 11.4. The van der Waals surface area contributed by atoms with Crippen LogP contribution in [0.5, 0.6) is 0 Å². The quantitative estimate of drug-likeness (QED) is 0.336. The molecule has 0 radical (unpaired) electrons. The SMILES string of the molecule is O=C(Cl)CCCNC(=O)c1cc([N+](=O)[O-])[nH]n1. The van der Waals surface area contributed by atoms with Crippen molar-refractivity contribution in [1.29, 1.82) is 0 Å². The van der Waals surface area contributed by atoms with Crippen molar-refractivity contribution >= 4 is 28.6 Å². The number of carbonyl (C=O) groups is 2. The molecule has 0 aliphatic heterocycles. The highest BCUT2D eigenvalue weighted by Gasteiger charge is 2.15. The second-order valence-electron chi connectivity index (χ2n) is 3.11. The Kier molecular flexibility index (Phi) is 4.58. The average Bonchev–Trinajstić information content (AvgIpc) is 2.73. The van der Waals surface area contributed by atoms with Gasteiger partial charge in [0.15, 0.2) is 5.69 Å². The molecule has 9 heteroatoms. The molecule has 2 N–H and O–H groups in total. The Morgan fingerprint density at radius 2 is 2.29 bits per heavy atom. The molecular formula is C8H9ClN4O4. The zero-order valence-corrected chi connectivity index (χ0v) is 9.36. The first-order chi connectivity index (χ1) is 8.00. The Balaban J connectivity index is 2.41. The van der Waals surface area contributed by atoms with E-state index in [0.717, 1.165) is 6.07 Å². The number of carbonyl (C=O) groups excluding carboxylic acids is 2. The van der Waals surface area contributed by atoms with E-state index in [1.54, 1.807) is 0 Å². The summed E-state index contributed by atoms with van der Waals surface area (Å²) in [6.07, 6.45) is 0.559. The van der Waals surface area contributed by atoms with Crippen LogP contribution in [0.4, 0.5) is 5.82 Å². The molecule has 92 valence electrons. The van der Waals surface area contributed by atoms with E-state index in [2.05, 4.69) is 15.5 Å². The highest BCUT2D eigenvalue weighted by molar-refractivity contribution is 6.63. The number of nitrogens with one attached hydrogen (secondary N) is 2. The first-order valence-electron chi connectivity index (χ1n) is 4.67. The van der Waals surface area contributed by atoms with E-state index in [0.29, 0.717) is 6.42 Å².